The molecule has 2 fully saturated rings. The minimum absolute atomic E-state index is 0.0159. The number of hydrogen-bond donors (Lipinski definition) is 3. The summed E-state index contributed by atoms with van der Waals surface area (Å²) in [6.07, 6.45) is 8.65. The van der Waals surface area contributed by atoms with Crippen LogP contribution < -0.4 is 16.0 Å². The highest BCUT2D eigenvalue weighted by atomic mass is 35.5. The van der Waals surface area contributed by atoms with Crippen molar-refractivity contribution in [1.29, 1.82) is 0 Å². The maximum Gasteiger partial charge on any atom is 0.408 e. The van der Waals surface area contributed by atoms with E-state index in [1.165, 1.54) is 12.0 Å². The minimum Gasteiger partial charge on any atom is -0.445 e. The van der Waals surface area contributed by atoms with Gasteiger partial charge in [0.25, 0.3) is 0 Å². The average molecular weight is 582 g/mol. The van der Waals surface area contributed by atoms with Crippen molar-refractivity contribution < 1.29 is 23.9 Å². The second-order valence-electron chi connectivity index (χ2n) is 11.4. The number of hydrogen-bond acceptors (Lipinski definition) is 5. The highest BCUT2D eigenvalue weighted by molar-refractivity contribution is 6.30. The van der Waals surface area contributed by atoms with Gasteiger partial charge in [0.1, 0.15) is 18.9 Å². The lowest BCUT2D eigenvalue weighted by Gasteiger charge is -2.27. The number of carbonyl (C=O) groups is 4. The van der Waals surface area contributed by atoms with Crippen molar-refractivity contribution in [2.24, 2.45) is 5.92 Å². The standard InChI is InChI=1S/C32H40ClN3O5/c33-26-13-7-12-25(18-26)22-41-31(40)35-28(19-23-8-3-1-4-9-23)30(39)34-27(21-37)14-15-29(38)36-32(16-17-32)20-24-10-5-2-6-11-24/h2,5-7,10-13,18,21,23,27-28H,1,3-4,8-9,14-17,19-20,22H2,(H,34,39)(H,35,40)(H,36,38)/t27-,28-/m0/s1. The highest BCUT2D eigenvalue weighted by Gasteiger charge is 2.43. The van der Waals surface area contributed by atoms with Crippen LogP contribution in [0.15, 0.2) is 54.6 Å². The molecule has 0 spiro atoms. The molecule has 0 aliphatic heterocycles. The lowest BCUT2D eigenvalue weighted by molar-refractivity contribution is -0.127. The summed E-state index contributed by atoms with van der Waals surface area (Å²) in [5, 5.41) is 9.12. The normalized spacial score (nSPS) is 17.5. The molecule has 0 heterocycles. The maximum absolute atomic E-state index is 13.3. The first-order valence-electron chi connectivity index (χ1n) is 14.6. The molecular weight excluding hydrogens is 542 g/mol. The largest absolute Gasteiger partial charge is 0.445 e. The van der Waals surface area contributed by atoms with Gasteiger partial charge in [0.15, 0.2) is 0 Å². The van der Waals surface area contributed by atoms with E-state index in [2.05, 4.69) is 28.1 Å². The summed E-state index contributed by atoms with van der Waals surface area (Å²) in [4.78, 5) is 50.5. The van der Waals surface area contributed by atoms with Gasteiger partial charge in [-0.1, -0.05) is 86.2 Å². The van der Waals surface area contributed by atoms with E-state index in [9.17, 15) is 19.2 Å². The van der Waals surface area contributed by atoms with Gasteiger partial charge < -0.3 is 25.5 Å². The third-order valence-electron chi connectivity index (χ3n) is 7.98. The average Bonchev–Trinajstić information content (AvgIpc) is 3.73. The molecule has 0 saturated heterocycles. The summed E-state index contributed by atoms with van der Waals surface area (Å²) in [6.45, 7) is 0.0159. The number of halogens is 1. The molecule has 0 radical (unpaired) electrons. The van der Waals surface area contributed by atoms with Gasteiger partial charge in [0.05, 0.1) is 6.04 Å². The zero-order valence-corrected chi connectivity index (χ0v) is 24.2. The molecule has 41 heavy (non-hydrogen) atoms. The van der Waals surface area contributed by atoms with Crippen LogP contribution in [0.5, 0.6) is 0 Å². The fourth-order valence-corrected chi connectivity index (χ4v) is 5.75. The van der Waals surface area contributed by atoms with Crippen LogP contribution in [0.25, 0.3) is 0 Å². The zero-order chi connectivity index (χ0) is 29.1. The quantitative estimate of drug-likeness (QED) is 0.263. The summed E-state index contributed by atoms with van der Waals surface area (Å²) in [5.41, 5.74) is 1.68. The van der Waals surface area contributed by atoms with Crippen LogP contribution in [-0.2, 0) is 32.1 Å². The van der Waals surface area contributed by atoms with Crippen LogP contribution in [0, 0.1) is 5.92 Å². The number of amides is 3. The molecule has 2 aromatic rings. The van der Waals surface area contributed by atoms with Crippen LogP contribution in [0.3, 0.4) is 0 Å². The van der Waals surface area contributed by atoms with E-state index in [-0.39, 0.29) is 30.9 Å². The van der Waals surface area contributed by atoms with Crippen molar-refractivity contribution in [3.63, 3.8) is 0 Å². The van der Waals surface area contributed by atoms with Crippen LogP contribution in [0.4, 0.5) is 4.79 Å². The van der Waals surface area contributed by atoms with Gasteiger partial charge in [0, 0.05) is 17.0 Å². The first kappa shape index (κ1) is 30.6. The number of ether oxygens (including phenoxy) is 1. The van der Waals surface area contributed by atoms with Crippen molar-refractivity contribution in [3.05, 3.63) is 70.7 Å². The van der Waals surface area contributed by atoms with Gasteiger partial charge in [-0.15, -0.1) is 0 Å². The van der Waals surface area contributed by atoms with Gasteiger partial charge in [-0.05, 0) is 61.3 Å². The highest BCUT2D eigenvalue weighted by Crippen LogP contribution is 2.38. The Labute approximate surface area is 246 Å². The molecule has 3 amide bonds. The fraction of sp³-hybridized carbons (Fsp3) is 0.500. The molecule has 0 bridgehead atoms. The first-order valence-corrected chi connectivity index (χ1v) is 15.0. The van der Waals surface area contributed by atoms with E-state index in [1.807, 2.05) is 18.2 Å². The van der Waals surface area contributed by atoms with Crippen LogP contribution in [-0.4, -0.2) is 41.8 Å². The lowest BCUT2D eigenvalue weighted by Crippen LogP contribution is -2.51. The van der Waals surface area contributed by atoms with Crippen molar-refractivity contribution in [1.82, 2.24) is 16.0 Å². The SMILES string of the molecule is O=C[C@H](CCC(=O)NC1(Cc2ccccc2)CC1)NC(=O)[C@H](CC1CCCCC1)NC(=O)OCc1cccc(Cl)c1. The molecule has 2 aliphatic rings. The molecule has 3 N–H and O–H groups in total. The number of rotatable bonds is 14. The number of benzene rings is 2. The van der Waals surface area contributed by atoms with Gasteiger partial charge >= 0.3 is 6.09 Å². The minimum atomic E-state index is -0.846. The maximum atomic E-state index is 13.3. The Balaban J connectivity index is 1.28. The van der Waals surface area contributed by atoms with E-state index in [1.54, 1.807) is 24.3 Å². The monoisotopic (exact) mass is 581 g/mol. The molecule has 4 rings (SSSR count). The van der Waals surface area contributed by atoms with Crippen molar-refractivity contribution >= 4 is 35.8 Å². The molecule has 2 aliphatic carbocycles. The van der Waals surface area contributed by atoms with E-state index in [0.717, 1.165) is 50.5 Å². The van der Waals surface area contributed by atoms with Gasteiger partial charge in [-0.2, -0.15) is 0 Å². The number of aldehydes is 1. The van der Waals surface area contributed by atoms with Gasteiger partial charge in [-0.3, -0.25) is 9.59 Å². The topological polar surface area (TPSA) is 114 Å². The van der Waals surface area contributed by atoms with E-state index in [4.69, 9.17) is 16.3 Å². The Kier molecular flexibility index (Phi) is 11.2. The number of carbonyl (C=O) groups excluding carboxylic acids is 4. The number of nitrogens with one attached hydrogen (secondary N) is 3. The molecular formula is C32H40ClN3O5. The van der Waals surface area contributed by atoms with Crippen molar-refractivity contribution in [2.75, 3.05) is 0 Å². The third-order valence-corrected chi connectivity index (χ3v) is 8.21. The molecule has 220 valence electrons. The molecule has 2 saturated carbocycles. The fourth-order valence-electron chi connectivity index (χ4n) is 5.53. The molecule has 9 heteroatoms. The summed E-state index contributed by atoms with van der Waals surface area (Å²) in [6, 6.07) is 15.4. The van der Waals surface area contributed by atoms with Crippen molar-refractivity contribution in [2.45, 2.75) is 94.9 Å². The Morgan fingerprint density at radius 2 is 1.71 bits per heavy atom. The van der Waals surface area contributed by atoms with Crippen molar-refractivity contribution in [3.8, 4) is 0 Å². The van der Waals surface area contributed by atoms with Gasteiger partial charge in [0.2, 0.25) is 11.8 Å². The molecule has 0 unspecified atom stereocenters. The molecule has 8 nitrogen and oxygen atoms in total. The second kappa shape index (κ2) is 15.0. The summed E-state index contributed by atoms with van der Waals surface area (Å²) in [5.74, 6) is -0.288. The smallest absolute Gasteiger partial charge is 0.408 e. The second-order valence-corrected chi connectivity index (χ2v) is 11.9. The third kappa shape index (κ3) is 10.2. The summed E-state index contributed by atoms with van der Waals surface area (Å²) >= 11 is 6.01. The molecule has 2 atom stereocenters. The Morgan fingerprint density at radius 3 is 2.39 bits per heavy atom. The summed E-state index contributed by atoms with van der Waals surface area (Å²) < 4.78 is 5.35. The van der Waals surface area contributed by atoms with Crippen LogP contribution in [0.2, 0.25) is 5.02 Å². The first-order chi connectivity index (χ1) is 19.8. The van der Waals surface area contributed by atoms with E-state index >= 15 is 0 Å². The van der Waals surface area contributed by atoms with Crippen LogP contribution >= 0.6 is 11.6 Å². The van der Waals surface area contributed by atoms with Crippen LogP contribution in [0.1, 0.15) is 75.3 Å². The van der Waals surface area contributed by atoms with Gasteiger partial charge in [-0.25, -0.2) is 4.79 Å². The zero-order valence-electron chi connectivity index (χ0n) is 23.4. The lowest BCUT2D eigenvalue weighted by atomic mass is 9.84. The molecule has 2 aromatic carbocycles. The predicted molar refractivity (Wildman–Crippen MR) is 157 cm³/mol. The molecule has 0 aromatic heterocycles. The Bertz CT molecular complexity index is 1180. The van der Waals surface area contributed by atoms with E-state index < -0.39 is 24.1 Å². The Hall–Kier alpha value is -3.39. The predicted octanol–water partition coefficient (Wildman–Crippen LogP) is 5.26. The summed E-state index contributed by atoms with van der Waals surface area (Å²) in [7, 11) is 0. The number of alkyl carbamates (subject to hydrolysis) is 1. The Morgan fingerprint density at radius 1 is 0.976 bits per heavy atom. The van der Waals surface area contributed by atoms with E-state index in [0.29, 0.717) is 23.6 Å².